The summed E-state index contributed by atoms with van der Waals surface area (Å²) in [6.07, 6.45) is 5.68. The third-order valence-corrected chi connectivity index (χ3v) is 6.73. The van der Waals surface area contributed by atoms with Gasteiger partial charge in [0.15, 0.2) is 10.9 Å². The molecule has 0 bridgehead atoms. The Bertz CT molecular complexity index is 974. The van der Waals surface area contributed by atoms with Crippen LogP contribution < -0.4 is 4.90 Å². The van der Waals surface area contributed by atoms with E-state index in [-0.39, 0.29) is 11.9 Å². The van der Waals surface area contributed by atoms with E-state index in [9.17, 15) is 4.79 Å². The lowest BCUT2D eigenvalue weighted by Gasteiger charge is -2.32. The molecule has 1 aromatic carbocycles. The van der Waals surface area contributed by atoms with Crippen molar-refractivity contribution < 1.29 is 9.53 Å². The third kappa shape index (κ3) is 4.91. The molecule has 0 saturated carbocycles. The molecule has 1 aliphatic heterocycles. The lowest BCUT2D eigenvalue weighted by Crippen LogP contribution is -2.44. The fourth-order valence-corrected chi connectivity index (χ4v) is 4.78. The number of rotatable bonds is 9. The molecule has 1 fully saturated rings. The van der Waals surface area contributed by atoms with Crippen molar-refractivity contribution in [3.8, 4) is 0 Å². The van der Waals surface area contributed by atoms with Crippen LogP contribution in [0.2, 0.25) is 0 Å². The molecule has 0 amide bonds. The molecule has 1 aliphatic rings. The maximum atomic E-state index is 13.0. The van der Waals surface area contributed by atoms with Crippen LogP contribution in [0.5, 0.6) is 0 Å². The summed E-state index contributed by atoms with van der Waals surface area (Å²) in [5.41, 5.74) is 2.31. The maximum absolute atomic E-state index is 13.0. The number of aromatic amines is 1. The summed E-state index contributed by atoms with van der Waals surface area (Å²) in [6, 6.07) is 8.26. The van der Waals surface area contributed by atoms with E-state index in [0.29, 0.717) is 13.0 Å². The first-order chi connectivity index (χ1) is 14.6. The second-order valence-corrected chi connectivity index (χ2v) is 8.99. The van der Waals surface area contributed by atoms with Gasteiger partial charge in [0, 0.05) is 62.7 Å². The van der Waals surface area contributed by atoms with E-state index in [1.807, 2.05) is 18.3 Å². The molecular weight excluding hydrogens is 396 g/mol. The number of likely N-dealkylation sites (N-methyl/N-ethyl adjacent to an activating group) is 1. The van der Waals surface area contributed by atoms with Crippen LogP contribution in [0.15, 0.2) is 36.7 Å². The average molecular weight is 427 g/mol. The first-order valence-electron chi connectivity index (χ1n) is 10.7. The minimum atomic E-state index is -0.133. The van der Waals surface area contributed by atoms with E-state index in [0.717, 1.165) is 54.5 Å². The number of anilines is 1. The molecule has 3 heterocycles. The van der Waals surface area contributed by atoms with Crippen molar-refractivity contribution in [3.63, 3.8) is 0 Å². The summed E-state index contributed by atoms with van der Waals surface area (Å²) in [6.45, 7) is 6.73. The first kappa shape index (κ1) is 21.0. The van der Waals surface area contributed by atoms with Crippen LogP contribution >= 0.6 is 11.3 Å². The predicted octanol–water partition coefficient (Wildman–Crippen LogP) is 3.99. The van der Waals surface area contributed by atoms with Gasteiger partial charge in [0.2, 0.25) is 0 Å². The van der Waals surface area contributed by atoms with Crippen LogP contribution in [-0.4, -0.2) is 66.6 Å². The molecule has 2 aromatic heterocycles. The Morgan fingerprint density at radius 2 is 2.07 bits per heavy atom. The predicted molar refractivity (Wildman–Crippen MR) is 123 cm³/mol. The summed E-state index contributed by atoms with van der Waals surface area (Å²) >= 11 is 1.51. The highest BCUT2D eigenvalue weighted by Gasteiger charge is 2.22. The van der Waals surface area contributed by atoms with Gasteiger partial charge in [-0.1, -0.05) is 36.5 Å². The van der Waals surface area contributed by atoms with Crippen molar-refractivity contribution in [1.29, 1.82) is 0 Å². The Labute approximate surface area is 181 Å². The van der Waals surface area contributed by atoms with Crippen molar-refractivity contribution in [2.45, 2.75) is 32.3 Å². The monoisotopic (exact) mass is 426 g/mol. The molecule has 0 radical (unpaired) electrons. The summed E-state index contributed by atoms with van der Waals surface area (Å²) in [4.78, 5) is 26.2. The average Bonchev–Trinajstić information content (AvgIpc) is 3.40. The number of carbonyl (C=O) groups is 1. The number of nitrogens with zero attached hydrogens (tertiary/aromatic N) is 3. The number of piperazine rings is 1. The highest BCUT2D eigenvalue weighted by Crippen LogP contribution is 2.26. The zero-order valence-electron chi connectivity index (χ0n) is 17.8. The number of Topliss-reactive ketones (excluding diaryl/α,β-unsaturated/α-hetero) is 1. The van der Waals surface area contributed by atoms with Gasteiger partial charge in [0.05, 0.1) is 17.2 Å². The molecule has 30 heavy (non-hydrogen) atoms. The summed E-state index contributed by atoms with van der Waals surface area (Å²) in [7, 11) is 2.14. The number of hydrogen-bond acceptors (Lipinski definition) is 6. The van der Waals surface area contributed by atoms with Crippen molar-refractivity contribution >= 4 is 33.2 Å². The fraction of sp³-hybridized carbons (Fsp3) is 0.478. The zero-order valence-corrected chi connectivity index (χ0v) is 18.6. The molecular formula is C23H30N4O2S. The number of thiazole rings is 1. The summed E-state index contributed by atoms with van der Waals surface area (Å²) in [5, 5.41) is 2.15. The van der Waals surface area contributed by atoms with Gasteiger partial charge in [-0.05, 0) is 25.1 Å². The highest BCUT2D eigenvalue weighted by atomic mass is 32.1. The number of para-hydroxylation sites is 1. The smallest absolute Gasteiger partial charge is 0.186 e. The van der Waals surface area contributed by atoms with Gasteiger partial charge in [-0.25, -0.2) is 4.98 Å². The van der Waals surface area contributed by atoms with Gasteiger partial charge < -0.3 is 19.5 Å². The quantitative estimate of drug-likeness (QED) is 0.524. The Morgan fingerprint density at radius 3 is 2.87 bits per heavy atom. The minimum Gasteiger partial charge on any atom is -0.377 e. The van der Waals surface area contributed by atoms with Gasteiger partial charge >= 0.3 is 0 Å². The molecule has 160 valence electrons. The number of H-pyrrole nitrogens is 1. The number of ether oxygens (including phenoxy) is 1. The molecule has 3 aromatic rings. The number of hydrogen-bond donors (Lipinski definition) is 1. The Hall–Kier alpha value is -2.22. The van der Waals surface area contributed by atoms with E-state index in [2.05, 4.69) is 45.9 Å². The number of ketones is 1. The Kier molecular flexibility index (Phi) is 6.82. The van der Waals surface area contributed by atoms with Crippen LogP contribution in [0.1, 0.15) is 35.0 Å². The van der Waals surface area contributed by atoms with Crippen molar-refractivity contribution in [1.82, 2.24) is 14.9 Å². The summed E-state index contributed by atoms with van der Waals surface area (Å²) in [5.74, 6) is 0.119. The van der Waals surface area contributed by atoms with Crippen molar-refractivity contribution in [3.05, 3.63) is 47.1 Å². The minimum absolute atomic E-state index is 0.119. The second-order valence-electron chi connectivity index (χ2n) is 7.98. The van der Waals surface area contributed by atoms with E-state index in [1.54, 1.807) is 6.20 Å². The standard InChI is InChI=1S/C23H30N4O2S/c1-3-12-29-18(13-17-15-24-20-7-5-4-6-19(17)20)14-21(28)22-16-25-23(30-22)27-10-8-26(2)9-11-27/h4-7,15-16,18,24H,3,8-14H2,1-2H3. The molecule has 4 rings (SSSR count). The molecule has 1 atom stereocenters. The number of fused-ring (bicyclic) bond motifs is 1. The van der Waals surface area contributed by atoms with Gasteiger partial charge in [0.25, 0.3) is 0 Å². The molecule has 0 spiro atoms. The largest absolute Gasteiger partial charge is 0.377 e. The zero-order chi connectivity index (χ0) is 20.9. The highest BCUT2D eigenvalue weighted by molar-refractivity contribution is 7.17. The first-order valence-corrected chi connectivity index (χ1v) is 11.5. The van der Waals surface area contributed by atoms with Crippen LogP contribution in [-0.2, 0) is 11.2 Å². The number of benzene rings is 1. The van der Waals surface area contributed by atoms with E-state index < -0.39 is 0 Å². The molecule has 0 aliphatic carbocycles. The normalized spacial score (nSPS) is 16.3. The second kappa shape index (κ2) is 9.73. The molecule has 1 unspecified atom stereocenters. The molecule has 1 N–H and O–H groups in total. The lowest BCUT2D eigenvalue weighted by atomic mass is 10.0. The lowest BCUT2D eigenvalue weighted by molar-refractivity contribution is 0.0451. The molecule has 7 heteroatoms. The number of nitrogens with one attached hydrogen (secondary N) is 1. The Morgan fingerprint density at radius 1 is 1.27 bits per heavy atom. The fourth-order valence-electron chi connectivity index (χ4n) is 3.87. The third-order valence-electron chi connectivity index (χ3n) is 5.64. The van der Waals surface area contributed by atoms with Crippen LogP contribution in [0.4, 0.5) is 5.13 Å². The van der Waals surface area contributed by atoms with E-state index in [1.165, 1.54) is 22.3 Å². The van der Waals surface area contributed by atoms with Crippen LogP contribution in [0, 0.1) is 0 Å². The molecule has 1 saturated heterocycles. The topological polar surface area (TPSA) is 61.5 Å². The van der Waals surface area contributed by atoms with Gasteiger partial charge in [-0.3, -0.25) is 4.79 Å². The molecule has 6 nitrogen and oxygen atoms in total. The van der Waals surface area contributed by atoms with Gasteiger partial charge in [-0.15, -0.1) is 0 Å². The van der Waals surface area contributed by atoms with Gasteiger partial charge in [-0.2, -0.15) is 0 Å². The van der Waals surface area contributed by atoms with Gasteiger partial charge in [0.1, 0.15) is 0 Å². The van der Waals surface area contributed by atoms with Crippen LogP contribution in [0.25, 0.3) is 10.9 Å². The van der Waals surface area contributed by atoms with Crippen molar-refractivity contribution in [2.24, 2.45) is 0 Å². The Balaban J connectivity index is 1.43. The van der Waals surface area contributed by atoms with Crippen LogP contribution in [0.3, 0.4) is 0 Å². The number of aromatic nitrogens is 2. The van der Waals surface area contributed by atoms with Crippen molar-refractivity contribution in [2.75, 3.05) is 44.7 Å². The number of carbonyl (C=O) groups excluding carboxylic acids is 1. The SMILES string of the molecule is CCCOC(CC(=O)c1cnc(N2CCN(C)CC2)s1)Cc1c[nH]c2ccccc12. The van der Waals surface area contributed by atoms with E-state index >= 15 is 0 Å². The summed E-state index contributed by atoms with van der Waals surface area (Å²) < 4.78 is 6.07. The van der Waals surface area contributed by atoms with E-state index in [4.69, 9.17) is 4.74 Å². The maximum Gasteiger partial charge on any atom is 0.186 e.